The number of likely N-dealkylation sites (N-methyl/N-ethyl adjacent to an activating group) is 1. The molecule has 0 aliphatic heterocycles. The summed E-state index contributed by atoms with van der Waals surface area (Å²) >= 11 is 2.77. The van der Waals surface area contributed by atoms with Crippen molar-refractivity contribution < 1.29 is 9.90 Å². The molecule has 0 saturated heterocycles. The molecule has 0 radical (unpaired) electrons. The molecule has 3 rings (SSSR count). The molecule has 1 aromatic carbocycles. The molecule has 0 fully saturated rings. The van der Waals surface area contributed by atoms with Crippen LogP contribution in [0.15, 0.2) is 46.4 Å². The fourth-order valence-electron chi connectivity index (χ4n) is 2.74. The number of aryl methyl sites for hydroxylation is 1. The molecule has 0 bridgehead atoms. The fraction of sp³-hybridized carbons (Fsp3) is 0.364. The summed E-state index contributed by atoms with van der Waals surface area (Å²) in [4.78, 5) is 27.1. The molecule has 158 valence electrons. The zero-order valence-corrected chi connectivity index (χ0v) is 19.3. The third-order valence-corrected chi connectivity index (χ3v) is 6.89. The van der Waals surface area contributed by atoms with Crippen molar-refractivity contribution in [2.45, 2.75) is 43.2 Å². The van der Waals surface area contributed by atoms with Gasteiger partial charge in [0.25, 0.3) is 0 Å². The number of hydrogen-bond donors (Lipinski definition) is 1. The molecular formula is C22H26N4O2S2. The number of thiazole rings is 1. The van der Waals surface area contributed by atoms with E-state index >= 15 is 0 Å². The monoisotopic (exact) mass is 442 g/mol. The normalized spacial score (nSPS) is 11.5. The number of rotatable bonds is 9. The summed E-state index contributed by atoms with van der Waals surface area (Å²) in [7, 11) is 0. The lowest BCUT2D eigenvalue weighted by Crippen LogP contribution is -2.27. The molecule has 0 spiro atoms. The van der Waals surface area contributed by atoms with E-state index in [9.17, 15) is 9.90 Å². The van der Waals surface area contributed by atoms with Crippen LogP contribution in [-0.2, 0) is 11.2 Å². The highest BCUT2D eigenvalue weighted by molar-refractivity contribution is 8.02. The topological polar surface area (TPSA) is 79.2 Å². The Bertz CT molecular complexity index is 985. The standard InChI is InChI=1S/C22H26N4O2S2/c1-5-26(11-10-18-14-29-21(25-18)30-22(3,4)19(27)28)20-23-12-17(13-24-20)16-8-6-15(2)7-9-16/h6-9,12-14H,5,10-11H2,1-4H3,(H,27,28). The van der Waals surface area contributed by atoms with E-state index in [-0.39, 0.29) is 0 Å². The summed E-state index contributed by atoms with van der Waals surface area (Å²) in [5.74, 6) is -0.141. The minimum Gasteiger partial charge on any atom is -0.480 e. The Hall–Kier alpha value is -2.45. The first-order valence-electron chi connectivity index (χ1n) is 9.79. The highest BCUT2D eigenvalue weighted by atomic mass is 32.2. The van der Waals surface area contributed by atoms with Crippen LogP contribution in [0.25, 0.3) is 11.1 Å². The van der Waals surface area contributed by atoms with Crippen LogP contribution in [-0.4, -0.2) is 43.9 Å². The van der Waals surface area contributed by atoms with Crippen molar-refractivity contribution in [3.63, 3.8) is 0 Å². The number of carboxylic acid groups (broad SMARTS) is 1. The van der Waals surface area contributed by atoms with Gasteiger partial charge in [-0.1, -0.05) is 41.6 Å². The van der Waals surface area contributed by atoms with Crippen LogP contribution >= 0.6 is 23.1 Å². The molecular weight excluding hydrogens is 416 g/mol. The third kappa shape index (κ3) is 5.58. The molecule has 0 aliphatic rings. The van der Waals surface area contributed by atoms with E-state index in [1.165, 1.54) is 28.7 Å². The maximum absolute atomic E-state index is 11.3. The first-order chi connectivity index (χ1) is 14.3. The predicted molar refractivity (Wildman–Crippen MR) is 123 cm³/mol. The number of nitrogens with zero attached hydrogens (tertiary/aromatic N) is 4. The molecule has 8 heteroatoms. The number of carboxylic acids is 1. The third-order valence-electron chi connectivity index (χ3n) is 4.71. The lowest BCUT2D eigenvalue weighted by Gasteiger charge is -2.20. The van der Waals surface area contributed by atoms with Gasteiger partial charge in [-0.25, -0.2) is 15.0 Å². The minimum absolute atomic E-state index is 0.699. The molecule has 3 aromatic rings. The van der Waals surface area contributed by atoms with Crippen molar-refractivity contribution in [1.82, 2.24) is 15.0 Å². The van der Waals surface area contributed by atoms with E-state index in [1.54, 1.807) is 13.8 Å². The SMILES string of the molecule is CCN(CCc1csc(SC(C)(C)C(=O)O)n1)c1ncc(-c2ccc(C)cc2)cn1. The minimum atomic E-state index is -0.891. The first kappa shape index (κ1) is 22.2. The van der Waals surface area contributed by atoms with Crippen LogP contribution in [0.5, 0.6) is 0 Å². The molecule has 0 unspecified atom stereocenters. The second kappa shape index (κ2) is 9.57. The lowest BCUT2D eigenvalue weighted by atomic mass is 10.1. The summed E-state index contributed by atoms with van der Waals surface area (Å²) < 4.78 is -0.114. The Morgan fingerprint density at radius 2 is 1.83 bits per heavy atom. The zero-order chi connectivity index (χ0) is 21.7. The van der Waals surface area contributed by atoms with Crippen molar-refractivity contribution in [3.05, 3.63) is 53.3 Å². The van der Waals surface area contributed by atoms with Gasteiger partial charge >= 0.3 is 5.97 Å². The first-order valence-corrected chi connectivity index (χ1v) is 11.5. The molecule has 0 atom stereocenters. The molecule has 0 aliphatic carbocycles. The second-order valence-corrected chi connectivity index (χ2v) is 10.2. The van der Waals surface area contributed by atoms with E-state index in [2.05, 4.69) is 58.0 Å². The number of aromatic nitrogens is 3. The Labute approximate surface area is 185 Å². The number of aliphatic carboxylic acids is 1. The van der Waals surface area contributed by atoms with Crippen LogP contribution in [0.2, 0.25) is 0 Å². The van der Waals surface area contributed by atoms with E-state index in [0.29, 0.717) is 5.95 Å². The van der Waals surface area contributed by atoms with Crippen molar-refractivity contribution in [2.24, 2.45) is 0 Å². The van der Waals surface area contributed by atoms with Crippen LogP contribution in [0.4, 0.5) is 5.95 Å². The fourth-order valence-corrected chi connectivity index (χ4v) is 4.97. The average molecular weight is 443 g/mol. The van der Waals surface area contributed by atoms with Gasteiger partial charge in [-0.05, 0) is 33.3 Å². The summed E-state index contributed by atoms with van der Waals surface area (Å²) in [6.45, 7) is 9.07. The van der Waals surface area contributed by atoms with Gasteiger partial charge in [0, 0.05) is 42.8 Å². The zero-order valence-electron chi connectivity index (χ0n) is 17.6. The molecule has 30 heavy (non-hydrogen) atoms. The van der Waals surface area contributed by atoms with Crippen LogP contribution in [0.1, 0.15) is 32.0 Å². The Morgan fingerprint density at radius 3 is 2.43 bits per heavy atom. The smallest absolute Gasteiger partial charge is 0.319 e. The van der Waals surface area contributed by atoms with Gasteiger partial charge in [-0.3, -0.25) is 4.79 Å². The number of benzene rings is 1. The van der Waals surface area contributed by atoms with Crippen molar-refractivity contribution in [2.75, 3.05) is 18.0 Å². The summed E-state index contributed by atoms with van der Waals surface area (Å²) in [6.07, 6.45) is 4.48. The van der Waals surface area contributed by atoms with Gasteiger partial charge in [0.2, 0.25) is 5.95 Å². The number of hydrogen-bond acceptors (Lipinski definition) is 7. The van der Waals surface area contributed by atoms with E-state index in [4.69, 9.17) is 0 Å². The van der Waals surface area contributed by atoms with Gasteiger partial charge in [0.15, 0.2) is 4.34 Å². The molecule has 0 amide bonds. The highest BCUT2D eigenvalue weighted by Crippen LogP contribution is 2.34. The predicted octanol–water partition coefficient (Wildman–Crippen LogP) is 4.93. The molecule has 2 heterocycles. The maximum atomic E-state index is 11.3. The average Bonchev–Trinajstić information content (AvgIpc) is 3.16. The Morgan fingerprint density at radius 1 is 1.17 bits per heavy atom. The van der Waals surface area contributed by atoms with Crippen molar-refractivity contribution in [3.8, 4) is 11.1 Å². The van der Waals surface area contributed by atoms with E-state index < -0.39 is 10.7 Å². The van der Waals surface area contributed by atoms with Crippen LogP contribution < -0.4 is 4.90 Å². The largest absolute Gasteiger partial charge is 0.480 e. The summed E-state index contributed by atoms with van der Waals surface area (Å²) in [5, 5.41) is 11.3. The highest BCUT2D eigenvalue weighted by Gasteiger charge is 2.29. The van der Waals surface area contributed by atoms with E-state index in [1.807, 2.05) is 17.8 Å². The number of carbonyl (C=O) groups is 1. The molecule has 6 nitrogen and oxygen atoms in total. The Kier molecular flexibility index (Phi) is 7.10. The van der Waals surface area contributed by atoms with Crippen LogP contribution in [0, 0.1) is 6.92 Å². The maximum Gasteiger partial charge on any atom is 0.319 e. The molecule has 0 saturated carbocycles. The Balaban J connectivity index is 1.62. The quantitative estimate of drug-likeness (QED) is 0.471. The van der Waals surface area contributed by atoms with Gasteiger partial charge < -0.3 is 10.0 Å². The summed E-state index contributed by atoms with van der Waals surface area (Å²) in [5.41, 5.74) is 4.28. The molecule has 1 N–H and O–H groups in total. The summed E-state index contributed by atoms with van der Waals surface area (Å²) in [6, 6.07) is 8.32. The lowest BCUT2D eigenvalue weighted by molar-refractivity contribution is -0.138. The van der Waals surface area contributed by atoms with Gasteiger partial charge in [0.05, 0.1) is 5.69 Å². The number of thioether (sulfide) groups is 1. The van der Waals surface area contributed by atoms with Crippen LogP contribution in [0.3, 0.4) is 0 Å². The second-order valence-electron chi connectivity index (χ2n) is 7.49. The van der Waals surface area contributed by atoms with Crippen molar-refractivity contribution >= 4 is 35.0 Å². The van der Waals surface area contributed by atoms with Crippen molar-refractivity contribution in [1.29, 1.82) is 0 Å². The van der Waals surface area contributed by atoms with Gasteiger partial charge in [-0.15, -0.1) is 11.3 Å². The molecule has 2 aromatic heterocycles. The number of anilines is 1. The van der Waals surface area contributed by atoms with E-state index in [0.717, 1.165) is 40.7 Å². The van der Waals surface area contributed by atoms with Gasteiger partial charge in [-0.2, -0.15) is 0 Å². The van der Waals surface area contributed by atoms with Gasteiger partial charge in [0.1, 0.15) is 4.75 Å².